The van der Waals surface area contributed by atoms with Gasteiger partial charge in [0, 0.05) is 27.7 Å². The molecule has 0 radical (unpaired) electrons. The molecule has 0 aliphatic carbocycles. The Labute approximate surface area is 242 Å². The molecule has 0 saturated heterocycles. The fourth-order valence-corrected chi connectivity index (χ4v) is 5.12. The van der Waals surface area contributed by atoms with Crippen molar-refractivity contribution in [1.29, 1.82) is 5.26 Å². The van der Waals surface area contributed by atoms with Crippen LogP contribution in [0, 0.1) is 18.3 Å². The lowest BCUT2D eigenvalue weighted by Crippen LogP contribution is -2.30. The average Bonchev–Trinajstić information content (AvgIpc) is 2.91. The monoisotopic (exact) mass is 601 g/mol. The number of aryl methyl sites for hydroxylation is 1. The number of rotatable bonds is 11. The fourth-order valence-electron chi connectivity index (χ4n) is 3.62. The molecule has 3 rings (SSSR count). The average molecular weight is 602 g/mol. The number of anilines is 1. The molecule has 2 N–H and O–H groups in total. The Kier molecular flexibility index (Phi) is 10.3. The molecule has 0 aliphatic heterocycles. The smallest absolute Gasteiger partial charge is 0.264 e. The van der Waals surface area contributed by atoms with Gasteiger partial charge in [0.15, 0.2) is 12.4 Å². The fraction of sp³-hybridized carbons (Fsp3) is 0.214. The number of hydrogen-bond donors (Lipinski definition) is 2. The molecule has 0 saturated carbocycles. The molecule has 0 aliphatic rings. The number of ether oxygens (including phenoxy) is 1. The van der Waals surface area contributed by atoms with Crippen LogP contribution in [0.1, 0.15) is 53.2 Å². The standard InChI is InChI=1S/C28H25Cl2N3O6S/c1-3-4-5-26(34)33-40(37,38)22-7-8-24(17(2)10-22)32-27(35)16-39-25-9-6-20(29)14-23(25)28(36)19-11-18(15-31)12-21(30)13-19/h6-14H,3-5,16H2,1-2H3,(H,32,35)(H,33,34). The highest BCUT2D eigenvalue weighted by Gasteiger charge is 2.20. The summed E-state index contributed by atoms with van der Waals surface area (Å²) in [6, 6.07) is 14.5. The Morgan fingerprint density at radius 3 is 2.40 bits per heavy atom. The van der Waals surface area contributed by atoms with Crippen LogP contribution in [-0.2, 0) is 19.6 Å². The number of halogens is 2. The van der Waals surface area contributed by atoms with Gasteiger partial charge in [0.25, 0.3) is 15.9 Å². The molecule has 0 unspecified atom stereocenters. The Bertz CT molecular complexity index is 1620. The molecule has 0 atom stereocenters. The van der Waals surface area contributed by atoms with E-state index in [1.165, 1.54) is 54.6 Å². The molecule has 0 heterocycles. The molecule has 2 amide bonds. The Morgan fingerprint density at radius 1 is 0.975 bits per heavy atom. The van der Waals surface area contributed by atoms with Crippen LogP contribution in [0.25, 0.3) is 0 Å². The number of carbonyl (C=O) groups excluding carboxylic acids is 3. The van der Waals surface area contributed by atoms with Crippen molar-refractivity contribution in [2.45, 2.75) is 38.0 Å². The third kappa shape index (κ3) is 8.05. The normalized spacial score (nSPS) is 10.9. The third-order valence-electron chi connectivity index (χ3n) is 5.62. The molecule has 0 aromatic heterocycles. The van der Waals surface area contributed by atoms with Crippen LogP contribution >= 0.6 is 23.2 Å². The SMILES string of the molecule is CCCCC(=O)NS(=O)(=O)c1ccc(NC(=O)COc2ccc(Cl)cc2C(=O)c2cc(Cl)cc(C#N)c2)c(C)c1. The summed E-state index contributed by atoms with van der Waals surface area (Å²) in [5, 5.41) is 12.3. The number of nitrogens with zero attached hydrogens (tertiary/aromatic N) is 1. The number of nitriles is 1. The van der Waals surface area contributed by atoms with E-state index in [1.807, 2.05) is 17.7 Å². The van der Waals surface area contributed by atoms with E-state index in [0.29, 0.717) is 17.7 Å². The van der Waals surface area contributed by atoms with Gasteiger partial charge in [0.1, 0.15) is 5.75 Å². The first kappa shape index (κ1) is 30.6. The van der Waals surface area contributed by atoms with Gasteiger partial charge >= 0.3 is 0 Å². The van der Waals surface area contributed by atoms with Crippen molar-refractivity contribution >= 4 is 56.5 Å². The van der Waals surface area contributed by atoms with Gasteiger partial charge in [-0.1, -0.05) is 36.5 Å². The molecule has 0 fully saturated rings. The molecular weight excluding hydrogens is 577 g/mol. The van der Waals surface area contributed by atoms with Crippen molar-refractivity contribution in [1.82, 2.24) is 4.72 Å². The highest BCUT2D eigenvalue weighted by Crippen LogP contribution is 2.27. The predicted molar refractivity (Wildman–Crippen MR) is 151 cm³/mol. The zero-order valence-electron chi connectivity index (χ0n) is 21.6. The van der Waals surface area contributed by atoms with Crippen LogP contribution in [0.2, 0.25) is 10.0 Å². The van der Waals surface area contributed by atoms with Crippen molar-refractivity contribution in [2.75, 3.05) is 11.9 Å². The number of benzene rings is 3. The van der Waals surface area contributed by atoms with Crippen LogP contribution in [0.4, 0.5) is 5.69 Å². The minimum absolute atomic E-state index is 0.0678. The second-order valence-electron chi connectivity index (χ2n) is 8.76. The number of unbranched alkanes of at least 4 members (excludes halogenated alkanes) is 1. The predicted octanol–water partition coefficient (Wildman–Crippen LogP) is 5.42. The summed E-state index contributed by atoms with van der Waals surface area (Å²) in [5.41, 5.74) is 1.19. The summed E-state index contributed by atoms with van der Waals surface area (Å²) >= 11 is 12.1. The van der Waals surface area contributed by atoms with Crippen LogP contribution in [0.15, 0.2) is 59.5 Å². The summed E-state index contributed by atoms with van der Waals surface area (Å²) in [4.78, 5) is 37.6. The minimum atomic E-state index is -4.06. The molecule has 3 aromatic carbocycles. The van der Waals surface area contributed by atoms with E-state index in [-0.39, 0.29) is 43.8 Å². The number of nitrogens with one attached hydrogen (secondary N) is 2. The molecule has 0 spiro atoms. The largest absolute Gasteiger partial charge is 0.483 e. The van der Waals surface area contributed by atoms with Crippen molar-refractivity contribution in [3.8, 4) is 11.8 Å². The topological polar surface area (TPSA) is 142 Å². The maximum absolute atomic E-state index is 13.2. The van der Waals surface area contributed by atoms with Crippen LogP contribution in [0.3, 0.4) is 0 Å². The maximum Gasteiger partial charge on any atom is 0.264 e. The quantitative estimate of drug-likeness (QED) is 0.279. The zero-order valence-corrected chi connectivity index (χ0v) is 23.9. The zero-order chi connectivity index (χ0) is 29.4. The van der Waals surface area contributed by atoms with Gasteiger partial charge in [-0.25, -0.2) is 13.1 Å². The van der Waals surface area contributed by atoms with Gasteiger partial charge in [-0.05, 0) is 73.5 Å². The van der Waals surface area contributed by atoms with Crippen LogP contribution in [0.5, 0.6) is 5.75 Å². The van der Waals surface area contributed by atoms with Gasteiger partial charge in [-0.2, -0.15) is 5.26 Å². The lowest BCUT2D eigenvalue weighted by molar-refractivity contribution is -0.119. The molecule has 9 nitrogen and oxygen atoms in total. The van der Waals surface area contributed by atoms with Gasteiger partial charge in [0.2, 0.25) is 5.91 Å². The van der Waals surface area contributed by atoms with E-state index >= 15 is 0 Å². The van der Waals surface area contributed by atoms with E-state index in [2.05, 4.69) is 5.32 Å². The van der Waals surface area contributed by atoms with Crippen molar-refractivity contribution in [2.24, 2.45) is 0 Å². The maximum atomic E-state index is 13.2. The van der Waals surface area contributed by atoms with Gasteiger partial charge in [-0.15, -0.1) is 0 Å². The van der Waals surface area contributed by atoms with Crippen LogP contribution in [-0.4, -0.2) is 32.6 Å². The van der Waals surface area contributed by atoms with E-state index in [0.717, 1.165) is 6.42 Å². The number of amides is 2. The summed E-state index contributed by atoms with van der Waals surface area (Å²) in [6.07, 6.45) is 1.43. The number of sulfonamides is 1. The first-order chi connectivity index (χ1) is 18.9. The highest BCUT2D eigenvalue weighted by atomic mass is 35.5. The third-order valence-corrected chi connectivity index (χ3v) is 7.45. The molecular formula is C28H25Cl2N3O6S. The molecule has 208 valence electrons. The summed E-state index contributed by atoms with van der Waals surface area (Å²) in [6.45, 7) is 3.02. The van der Waals surface area contributed by atoms with Gasteiger partial charge in [0.05, 0.1) is 22.1 Å². The summed E-state index contributed by atoms with van der Waals surface area (Å²) < 4.78 is 32.7. The van der Waals surface area contributed by atoms with Crippen molar-refractivity contribution < 1.29 is 27.5 Å². The van der Waals surface area contributed by atoms with E-state index < -0.39 is 34.2 Å². The first-order valence-electron chi connectivity index (χ1n) is 12.1. The minimum Gasteiger partial charge on any atom is -0.483 e. The number of ketones is 1. The second-order valence-corrected chi connectivity index (χ2v) is 11.3. The van der Waals surface area contributed by atoms with Crippen molar-refractivity contribution in [3.05, 3.63) is 86.9 Å². The van der Waals surface area contributed by atoms with E-state index in [4.69, 9.17) is 27.9 Å². The second kappa shape index (κ2) is 13.4. The molecule has 12 heteroatoms. The lowest BCUT2D eigenvalue weighted by atomic mass is 10.0. The van der Waals surface area contributed by atoms with E-state index in [1.54, 1.807) is 6.92 Å². The summed E-state index contributed by atoms with van der Waals surface area (Å²) in [5.74, 6) is -1.59. The van der Waals surface area contributed by atoms with E-state index in [9.17, 15) is 28.1 Å². The number of carbonyl (C=O) groups is 3. The molecule has 0 bridgehead atoms. The molecule has 3 aromatic rings. The summed E-state index contributed by atoms with van der Waals surface area (Å²) in [7, 11) is -4.06. The first-order valence-corrected chi connectivity index (χ1v) is 14.3. The highest BCUT2D eigenvalue weighted by molar-refractivity contribution is 7.90. The Morgan fingerprint density at radius 2 is 1.73 bits per heavy atom. The van der Waals surface area contributed by atoms with Crippen LogP contribution < -0.4 is 14.8 Å². The van der Waals surface area contributed by atoms with Gasteiger partial charge < -0.3 is 10.1 Å². The Balaban J connectivity index is 1.71. The molecule has 40 heavy (non-hydrogen) atoms. The lowest BCUT2D eigenvalue weighted by Gasteiger charge is -2.14. The number of hydrogen-bond acceptors (Lipinski definition) is 7. The van der Waals surface area contributed by atoms with Crippen molar-refractivity contribution in [3.63, 3.8) is 0 Å². The van der Waals surface area contributed by atoms with Gasteiger partial charge in [-0.3, -0.25) is 14.4 Å². The Hall–Kier alpha value is -3.91.